The highest BCUT2D eigenvalue weighted by molar-refractivity contribution is 6.04. The molecule has 0 saturated carbocycles. The van der Waals surface area contributed by atoms with Crippen LogP contribution in [0.15, 0.2) is 42.5 Å². The summed E-state index contributed by atoms with van der Waals surface area (Å²) in [5.74, 6) is 1.04. The molecule has 2 N–H and O–H groups in total. The number of anilines is 2. The topological polar surface area (TPSA) is 76.7 Å². The Morgan fingerprint density at radius 1 is 1.00 bits per heavy atom. The number of hydrogen-bond acceptors (Lipinski definition) is 5. The van der Waals surface area contributed by atoms with Gasteiger partial charge in [0.1, 0.15) is 5.78 Å². The van der Waals surface area contributed by atoms with Crippen LogP contribution in [0.4, 0.5) is 11.4 Å². The van der Waals surface area contributed by atoms with Crippen LogP contribution in [0.25, 0.3) is 0 Å². The van der Waals surface area contributed by atoms with Crippen molar-refractivity contribution >= 4 is 23.1 Å². The highest BCUT2D eigenvalue weighted by atomic mass is 16.7. The Kier molecular flexibility index (Phi) is 4.14. The van der Waals surface area contributed by atoms with Gasteiger partial charge in [-0.1, -0.05) is 0 Å². The van der Waals surface area contributed by atoms with Gasteiger partial charge in [-0.15, -0.1) is 0 Å². The maximum atomic E-state index is 12.2. The zero-order chi connectivity index (χ0) is 16.2. The van der Waals surface area contributed by atoms with Gasteiger partial charge in [0.15, 0.2) is 11.5 Å². The number of carbonyl (C=O) groups excluding carboxylic acids is 2. The maximum absolute atomic E-state index is 12.2. The van der Waals surface area contributed by atoms with E-state index in [4.69, 9.17) is 9.47 Å². The van der Waals surface area contributed by atoms with Crippen LogP contribution in [0.5, 0.6) is 11.5 Å². The number of benzene rings is 2. The summed E-state index contributed by atoms with van der Waals surface area (Å²) >= 11 is 0. The van der Waals surface area contributed by atoms with Gasteiger partial charge in [-0.2, -0.15) is 0 Å². The molecular weight excluding hydrogens is 296 g/mol. The largest absolute Gasteiger partial charge is 0.454 e. The van der Waals surface area contributed by atoms with Crippen LogP contribution in [0, 0.1) is 0 Å². The molecule has 0 spiro atoms. The molecule has 0 atom stereocenters. The summed E-state index contributed by atoms with van der Waals surface area (Å²) in [6, 6.07) is 12.2. The third-order valence-electron chi connectivity index (χ3n) is 3.32. The fourth-order valence-corrected chi connectivity index (χ4v) is 2.14. The summed E-state index contributed by atoms with van der Waals surface area (Å²) in [4.78, 5) is 23.2. The molecule has 6 nitrogen and oxygen atoms in total. The van der Waals surface area contributed by atoms with Gasteiger partial charge >= 0.3 is 0 Å². The van der Waals surface area contributed by atoms with E-state index in [0.717, 1.165) is 5.69 Å². The van der Waals surface area contributed by atoms with Crippen molar-refractivity contribution in [1.82, 2.24) is 0 Å². The summed E-state index contributed by atoms with van der Waals surface area (Å²) in [6.45, 7) is 1.98. The summed E-state index contributed by atoms with van der Waals surface area (Å²) in [5, 5.41) is 5.80. The van der Waals surface area contributed by atoms with E-state index in [0.29, 0.717) is 22.7 Å². The summed E-state index contributed by atoms with van der Waals surface area (Å²) in [6.07, 6.45) is 0. The monoisotopic (exact) mass is 312 g/mol. The minimum atomic E-state index is -0.229. The second kappa shape index (κ2) is 6.39. The fraction of sp³-hybridized carbons (Fsp3) is 0.176. The SMILES string of the molecule is CC(=O)CNc1ccc(NC(=O)c2ccc3c(c2)OCO3)cc1. The molecule has 1 heterocycles. The van der Waals surface area contributed by atoms with E-state index in [1.165, 1.54) is 6.92 Å². The number of rotatable bonds is 5. The summed E-state index contributed by atoms with van der Waals surface area (Å²) in [7, 11) is 0. The third kappa shape index (κ3) is 3.60. The quantitative estimate of drug-likeness (QED) is 0.887. The van der Waals surface area contributed by atoms with Crippen LogP contribution in [-0.2, 0) is 4.79 Å². The molecule has 6 heteroatoms. The molecule has 2 aromatic rings. The predicted octanol–water partition coefficient (Wildman–Crippen LogP) is 2.67. The van der Waals surface area contributed by atoms with Gasteiger partial charge in [-0.25, -0.2) is 0 Å². The molecular formula is C17H16N2O4. The number of hydrogen-bond donors (Lipinski definition) is 2. The van der Waals surface area contributed by atoms with Crippen molar-refractivity contribution in [2.24, 2.45) is 0 Å². The van der Waals surface area contributed by atoms with Crippen molar-refractivity contribution in [2.45, 2.75) is 6.92 Å². The lowest BCUT2D eigenvalue weighted by Crippen LogP contribution is -2.12. The van der Waals surface area contributed by atoms with Crippen molar-refractivity contribution in [3.8, 4) is 11.5 Å². The Balaban J connectivity index is 1.64. The zero-order valence-corrected chi connectivity index (χ0v) is 12.6. The molecule has 0 unspecified atom stereocenters. The molecule has 2 aromatic carbocycles. The maximum Gasteiger partial charge on any atom is 0.255 e. The van der Waals surface area contributed by atoms with E-state index in [1.54, 1.807) is 42.5 Å². The van der Waals surface area contributed by atoms with Crippen LogP contribution >= 0.6 is 0 Å². The summed E-state index contributed by atoms with van der Waals surface area (Å²) < 4.78 is 10.5. The van der Waals surface area contributed by atoms with Gasteiger partial charge < -0.3 is 20.1 Å². The van der Waals surface area contributed by atoms with Crippen molar-refractivity contribution < 1.29 is 19.1 Å². The number of fused-ring (bicyclic) bond motifs is 1. The molecule has 118 valence electrons. The Morgan fingerprint density at radius 3 is 2.43 bits per heavy atom. The first kappa shape index (κ1) is 14.9. The molecule has 0 bridgehead atoms. The van der Waals surface area contributed by atoms with Crippen molar-refractivity contribution in [3.05, 3.63) is 48.0 Å². The zero-order valence-electron chi connectivity index (χ0n) is 12.6. The Hall–Kier alpha value is -3.02. The minimum Gasteiger partial charge on any atom is -0.454 e. The van der Waals surface area contributed by atoms with Crippen molar-refractivity contribution in [3.63, 3.8) is 0 Å². The molecule has 0 aliphatic carbocycles. The molecule has 0 fully saturated rings. The number of carbonyl (C=O) groups is 2. The lowest BCUT2D eigenvalue weighted by molar-refractivity contribution is -0.115. The standard InChI is InChI=1S/C17H16N2O4/c1-11(20)9-18-13-3-5-14(6-4-13)19-17(21)12-2-7-15-16(8-12)23-10-22-15/h2-8,18H,9-10H2,1H3,(H,19,21). The van der Waals surface area contributed by atoms with E-state index in [9.17, 15) is 9.59 Å². The van der Waals surface area contributed by atoms with Crippen LogP contribution in [-0.4, -0.2) is 25.0 Å². The fourth-order valence-electron chi connectivity index (χ4n) is 2.14. The molecule has 0 aromatic heterocycles. The molecule has 3 rings (SSSR count). The van der Waals surface area contributed by atoms with E-state index in [2.05, 4.69) is 10.6 Å². The van der Waals surface area contributed by atoms with Gasteiger partial charge in [-0.05, 0) is 49.4 Å². The Bertz CT molecular complexity index is 741. The predicted molar refractivity (Wildman–Crippen MR) is 86.1 cm³/mol. The molecule has 0 radical (unpaired) electrons. The normalized spacial score (nSPS) is 11.9. The van der Waals surface area contributed by atoms with Crippen LogP contribution in [0.1, 0.15) is 17.3 Å². The highest BCUT2D eigenvalue weighted by Crippen LogP contribution is 2.32. The van der Waals surface area contributed by atoms with E-state index < -0.39 is 0 Å². The van der Waals surface area contributed by atoms with Crippen molar-refractivity contribution in [1.29, 1.82) is 0 Å². The third-order valence-corrected chi connectivity index (χ3v) is 3.32. The Morgan fingerprint density at radius 2 is 1.70 bits per heavy atom. The van der Waals surface area contributed by atoms with Gasteiger partial charge in [-0.3, -0.25) is 9.59 Å². The first-order valence-electron chi connectivity index (χ1n) is 7.16. The lowest BCUT2D eigenvalue weighted by Gasteiger charge is -2.08. The molecule has 1 aliphatic heterocycles. The molecule has 1 aliphatic rings. The lowest BCUT2D eigenvalue weighted by atomic mass is 10.2. The first-order valence-corrected chi connectivity index (χ1v) is 7.16. The van der Waals surface area contributed by atoms with Gasteiger partial charge in [0.2, 0.25) is 6.79 Å². The van der Waals surface area contributed by atoms with E-state index >= 15 is 0 Å². The van der Waals surface area contributed by atoms with Gasteiger partial charge in [0, 0.05) is 16.9 Å². The Labute approximate surface area is 133 Å². The van der Waals surface area contributed by atoms with Crippen LogP contribution < -0.4 is 20.1 Å². The minimum absolute atomic E-state index is 0.0604. The smallest absolute Gasteiger partial charge is 0.255 e. The number of ether oxygens (including phenoxy) is 2. The average Bonchev–Trinajstić information content (AvgIpc) is 3.01. The molecule has 1 amide bonds. The summed E-state index contributed by atoms with van der Waals surface area (Å²) in [5.41, 5.74) is 1.98. The first-order chi connectivity index (χ1) is 11.1. The second-order valence-electron chi connectivity index (χ2n) is 5.16. The van der Waals surface area contributed by atoms with Crippen LogP contribution in [0.2, 0.25) is 0 Å². The van der Waals surface area contributed by atoms with Crippen LogP contribution in [0.3, 0.4) is 0 Å². The van der Waals surface area contributed by atoms with Gasteiger partial charge in [0.25, 0.3) is 5.91 Å². The average molecular weight is 312 g/mol. The molecule has 23 heavy (non-hydrogen) atoms. The number of ketones is 1. The highest BCUT2D eigenvalue weighted by Gasteiger charge is 2.16. The number of amides is 1. The van der Waals surface area contributed by atoms with Crippen molar-refractivity contribution in [2.75, 3.05) is 24.0 Å². The molecule has 0 saturated heterocycles. The van der Waals surface area contributed by atoms with E-state index in [1.807, 2.05) is 0 Å². The number of Topliss-reactive ketones (excluding diaryl/α,β-unsaturated/α-hetero) is 1. The second-order valence-corrected chi connectivity index (χ2v) is 5.16. The van der Waals surface area contributed by atoms with E-state index in [-0.39, 0.29) is 25.0 Å². The number of nitrogens with one attached hydrogen (secondary N) is 2. The van der Waals surface area contributed by atoms with Gasteiger partial charge in [0.05, 0.1) is 6.54 Å².